The number of benzene rings is 2. The van der Waals surface area contributed by atoms with E-state index in [1.54, 1.807) is 30.3 Å². The van der Waals surface area contributed by atoms with Crippen molar-refractivity contribution in [3.8, 4) is 0 Å². The number of fused-ring (bicyclic) bond motifs is 1. The standard InChI is InChI=1S/C20H25N3O3S/c1-20(2,3)22-19(24)21-17-10-9-15-11-12-23(14-16(15)13-17)27(25,26)18-7-5-4-6-8-18/h4-10,13H,11-12,14H2,1-3H3,(H2,21,22,24). The van der Waals surface area contributed by atoms with E-state index in [0.717, 1.165) is 11.1 Å². The lowest BCUT2D eigenvalue weighted by Gasteiger charge is -2.28. The highest BCUT2D eigenvalue weighted by Crippen LogP contribution is 2.27. The van der Waals surface area contributed by atoms with Crippen LogP contribution < -0.4 is 10.6 Å². The Balaban J connectivity index is 1.78. The average molecular weight is 388 g/mol. The summed E-state index contributed by atoms with van der Waals surface area (Å²) in [7, 11) is -3.53. The van der Waals surface area contributed by atoms with Gasteiger partial charge in [-0.3, -0.25) is 0 Å². The molecule has 0 aliphatic carbocycles. The molecule has 1 aliphatic heterocycles. The summed E-state index contributed by atoms with van der Waals surface area (Å²) in [6.07, 6.45) is 0.649. The number of hydrogen-bond donors (Lipinski definition) is 2. The second-order valence-corrected chi connectivity index (χ2v) is 9.65. The summed E-state index contributed by atoms with van der Waals surface area (Å²) in [5.41, 5.74) is 2.33. The molecule has 2 aromatic carbocycles. The van der Waals surface area contributed by atoms with E-state index in [-0.39, 0.29) is 11.6 Å². The lowest BCUT2D eigenvalue weighted by atomic mass is 10.0. The fourth-order valence-electron chi connectivity index (χ4n) is 3.06. The quantitative estimate of drug-likeness (QED) is 0.848. The van der Waals surface area contributed by atoms with Gasteiger partial charge < -0.3 is 10.6 Å². The van der Waals surface area contributed by atoms with E-state index in [9.17, 15) is 13.2 Å². The second kappa shape index (κ2) is 7.32. The second-order valence-electron chi connectivity index (χ2n) is 7.71. The van der Waals surface area contributed by atoms with Crippen molar-refractivity contribution in [2.24, 2.45) is 0 Å². The molecule has 2 N–H and O–H groups in total. The van der Waals surface area contributed by atoms with Crippen molar-refractivity contribution in [2.45, 2.75) is 44.2 Å². The molecule has 7 heteroatoms. The number of carbonyl (C=O) groups excluding carboxylic acids is 1. The van der Waals surface area contributed by atoms with E-state index in [2.05, 4.69) is 10.6 Å². The lowest BCUT2D eigenvalue weighted by molar-refractivity contribution is 0.244. The van der Waals surface area contributed by atoms with Crippen LogP contribution in [0.5, 0.6) is 0 Å². The summed E-state index contributed by atoms with van der Waals surface area (Å²) in [6.45, 7) is 6.47. The van der Waals surface area contributed by atoms with E-state index in [0.29, 0.717) is 30.1 Å². The van der Waals surface area contributed by atoms with Gasteiger partial charge >= 0.3 is 6.03 Å². The van der Waals surface area contributed by atoms with Gasteiger partial charge in [0.05, 0.1) is 4.90 Å². The Hall–Kier alpha value is -2.38. The van der Waals surface area contributed by atoms with E-state index in [4.69, 9.17) is 0 Å². The van der Waals surface area contributed by atoms with Crippen molar-refractivity contribution in [2.75, 3.05) is 11.9 Å². The van der Waals surface area contributed by atoms with Crippen LogP contribution in [-0.4, -0.2) is 30.8 Å². The van der Waals surface area contributed by atoms with Gasteiger partial charge in [0.1, 0.15) is 0 Å². The maximum Gasteiger partial charge on any atom is 0.319 e. The van der Waals surface area contributed by atoms with Crippen molar-refractivity contribution in [1.29, 1.82) is 0 Å². The number of rotatable bonds is 3. The Bertz CT molecular complexity index is 935. The number of nitrogens with zero attached hydrogens (tertiary/aromatic N) is 1. The van der Waals surface area contributed by atoms with Crippen LogP contribution in [0.1, 0.15) is 31.9 Å². The summed E-state index contributed by atoms with van der Waals surface area (Å²) in [4.78, 5) is 12.4. The molecule has 3 rings (SSSR count). The number of urea groups is 1. The minimum absolute atomic E-state index is 0.285. The molecule has 0 bridgehead atoms. The maximum absolute atomic E-state index is 12.9. The molecule has 0 unspecified atom stereocenters. The molecular weight excluding hydrogens is 362 g/mol. The third kappa shape index (κ3) is 4.67. The Labute approximate surface area is 160 Å². The summed E-state index contributed by atoms with van der Waals surface area (Å²) in [5.74, 6) is 0. The highest BCUT2D eigenvalue weighted by atomic mass is 32.2. The Morgan fingerprint density at radius 2 is 1.74 bits per heavy atom. The number of amides is 2. The first-order valence-electron chi connectivity index (χ1n) is 8.91. The number of sulfonamides is 1. The first kappa shape index (κ1) is 19.4. The first-order valence-corrected chi connectivity index (χ1v) is 10.4. The predicted octanol–water partition coefficient (Wildman–Crippen LogP) is 3.35. The third-order valence-corrected chi connectivity index (χ3v) is 6.17. The van der Waals surface area contributed by atoms with Crippen LogP contribution in [0.15, 0.2) is 53.4 Å². The van der Waals surface area contributed by atoms with E-state index in [1.165, 1.54) is 4.31 Å². The van der Waals surface area contributed by atoms with Crippen LogP contribution in [0.4, 0.5) is 10.5 Å². The molecule has 6 nitrogen and oxygen atoms in total. The zero-order chi connectivity index (χ0) is 19.7. The van der Waals surface area contributed by atoms with Crippen LogP contribution >= 0.6 is 0 Å². The van der Waals surface area contributed by atoms with Gasteiger partial charge in [-0.2, -0.15) is 4.31 Å². The van der Waals surface area contributed by atoms with E-state index < -0.39 is 10.0 Å². The van der Waals surface area contributed by atoms with Gasteiger partial charge in [-0.25, -0.2) is 13.2 Å². The smallest absolute Gasteiger partial charge is 0.319 e. The molecule has 0 fully saturated rings. The van der Waals surface area contributed by atoms with Gasteiger partial charge in [0, 0.05) is 24.3 Å². The average Bonchev–Trinajstić information content (AvgIpc) is 2.60. The topological polar surface area (TPSA) is 78.5 Å². The Morgan fingerprint density at radius 1 is 1.04 bits per heavy atom. The van der Waals surface area contributed by atoms with Crippen LogP contribution in [0.2, 0.25) is 0 Å². The maximum atomic E-state index is 12.9. The molecule has 1 aliphatic rings. The van der Waals surface area contributed by atoms with Gasteiger partial charge in [-0.1, -0.05) is 24.3 Å². The molecule has 0 saturated carbocycles. The molecule has 0 atom stereocenters. The molecule has 0 spiro atoms. The highest BCUT2D eigenvalue weighted by molar-refractivity contribution is 7.89. The Kier molecular flexibility index (Phi) is 5.26. The minimum atomic E-state index is -3.53. The summed E-state index contributed by atoms with van der Waals surface area (Å²) < 4.78 is 27.2. The molecule has 144 valence electrons. The number of nitrogens with one attached hydrogen (secondary N) is 2. The third-order valence-electron chi connectivity index (χ3n) is 4.31. The molecule has 2 aromatic rings. The van der Waals surface area contributed by atoms with E-state index in [1.807, 2.05) is 39.0 Å². The van der Waals surface area contributed by atoms with Crippen LogP contribution in [0, 0.1) is 0 Å². The number of hydrogen-bond acceptors (Lipinski definition) is 3. The Morgan fingerprint density at radius 3 is 2.41 bits per heavy atom. The molecule has 0 saturated heterocycles. The fraction of sp³-hybridized carbons (Fsp3) is 0.350. The monoisotopic (exact) mass is 387 g/mol. The van der Waals surface area contributed by atoms with Crippen molar-refractivity contribution in [3.05, 3.63) is 59.7 Å². The van der Waals surface area contributed by atoms with E-state index >= 15 is 0 Å². The molecule has 2 amide bonds. The molecule has 1 heterocycles. The number of carbonyl (C=O) groups is 1. The molecule has 0 radical (unpaired) electrons. The summed E-state index contributed by atoms with van der Waals surface area (Å²) in [5, 5.41) is 5.66. The normalized spacial score (nSPS) is 15.1. The van der Waals surface area contributed by atoms with Crippen molar-refractivity contribution >= 4 is 21.7 Å². The van der Waals surface area contributed by atoms with Crippen LogP contribution in [0.3, 0.4) is 0 Å². The zero-order valence-electron chi connectivity index (χ0n) is 15.8. The summed E-state index contributed by atoms with van der Waals surface area (Å²) >= 11 is 0. The van der Waals surface area contributed by atoms with Gasteiger partial charge in [0.25, 0.3) is 0 Å². The summed E-state index contributed by atoms with van der Waals surface area (Å²) in [6, 6.07) is 13.8. The van der Waals surface area contributed by atoms with Crippen molar-refractivity contribution < 1.29 is 13.2 Å². The fourth-order valence-corrected chi connectivity index (χ4v) is 4.50. The first-order chi connectivity index (χ1) is 12.6. The van der Waals surface area contributed by atoms with Crippen LogP contribution in [-0.2, 0) is 23.0 Å². The van der Waals surface area contributed by atoms with Crippen molar-refractivity contribution in [3.63, 3.8) is 0 Å². The van der Waals surface area contributed by atoms with Crippen molar-refractivity contribution in [1.82, 2.24) is 9.62 Å². The van der Waals surface area contributed by atoms with Gasteiger partial charge in [0.15, 0.2) is 0 Å². The highest BCUT2D eigenvalue weighted by Gasteiger charge is 2.28. The zero-order valence-corrected chi connectivity index (χ0v) is 16.6. The molecule has 0 aromatic heterocycles. The minimum Gasteiger partial charge on any atom is -0.333 e. The largest absolute Gasteiger partial charge is 0.333 e. The SMILES string of the molecule is CC(C)(C)NC(=O)Nc1ccc2c(c1)CN(S(=O)(=O)c1ccccc1)CC2. The van der Waals surface area contributed by atoms with Crippen LogP contribution in [0.25, 0.3) is 0 Å². The van der Waals surface area contributed by atoms with Gasteiger partial charge in [0.2, 0.25) is 10.0 Å². The van der Waals surface area contributed by atoms with Gasteiger partial charge in [-0.05, 0) is 62.6 Å². The lowest BCUT2D eigenvalue weighted by Crippen LogP contribution is -2.43. The molecular formula is C20H25N3O3S. The predicted molar refractivity (Wildman–Crippen MR) is 106 cm³/mol. The molecule has 27 heavy (non-hydrogen) atoms. The number of anilines is 1. The van der Waals surface area contributed by atoms with Gasteiger partial charge in [-0.15, -0.1) is 0 Å².